The van der Waals surface area contributed by atoms with Crippen LogP contribution in [0.4, 0.5) is 5.69 Å². The molecule has 1 fully saturated rings. The molecule has 0 atom stereocenters. The smallest absolute Gasteiger partial charge is 0.267 e. The van der Waals surface area contributed by atoms with E-state index in [1.165, 1.54) is 0 Å². The Balaban J connectivity index is 1.83. The maximum absolute atomic E-state index is 12.0. The van der Waals surface area contributed by atoms with Crippen molar-refractivity contribution in [3.05, 3.63) is 18.0 Å². The molecule has 1 aromatic rings. The van der Waals surface area contributed by atoms with Gasteiger partial charge in [-0.3, -0.25) is 4.79 Å². The number of carbonyl (C=O) groups excluding carboxylic acids is 1. The number of piperidine rings is 1. The van der Waals surface area contributed by atoms with Gasteiger partial charge in [0.15, 0.2) is 0 Å². The number of amides is 1. The van der Waals surface area contributed by atoms with Crippen LogP contribution in [0.5, 0.6) is 0 Å². The van der Waals surface area contributed by atoms with Crippen LogP contribution in [0.2, 0.25) is 0 Å². The van der Waals surface area contributed by atoms with Gasteiger partial charge in [0.2, 0.25) is 0 Å². The molecule has 2 rings (SSSR count). The number of hydrogen-bond acceptors (Lipinski definition) is 3. The van der Waals surface area contributed by atoms with Gasteiger partial charge in [-0.15, -0.1) is 0 Å². The molecule has 5 nitrogen and oxygen atoms in total. The summed E-state index contributed by atoms with van der Waals surface area (Å²) in [5.41, 5.74) is 6.92. The van der Waals surface area contributed by atoms with Crippen molar-refractivity contribution in [3.8, 4) is 0 Å². The number of rotatable bonds is 3. The maximum atomic E-state index is 12.0. The number of aromatic nitrogens is 1. The average Bonchev–Trinajstić information content (AvgIpc) is 2.67. The third kappa shape index (κ3) is 3.04. The van der Waals surface area contributed by atoms with Gasteiger partial charge in [-0.25, -0.2) is 0 Å². The number of hydrogen-bond donors (Lipinski definition) is 2. The molecule has 18 heavy (non-hydrogen) atoms. The summed E-state index contributed by atoms with van der Waals surface area (Å²) < 4.78 is 1.76. The zero-order valence-electron chi connectivity index (χ0n) is 11.1. The lowest BCUT2D eigenvalue weighted by atomic mass is 9.97. The van der Waals surface area contributed by atoms with E-state index in [1.54, 1.807) is 16.8 Å². The summed E-state index contributed by atoms with van der Waals surface area (Å²) in [6.45, 7) is 3.01. The van der Waals surface area contributed by atoms with Gasteiger partial charge in [0, 0.05) is 19.8 Å². The Labute approximate surface area is 108 Å². The average molecular weight is 250 g/mol. The predicted molar refractivity (Wildman–Crippen MR) is 72.4 cm³/mol. The Kier molecular flexibility index (Phi) is 3.91. The SMILES string of the molecule is CN1CCC(CNC(=O)c2cc(N)cn2C)CC1. The van der Waals surface area contributed by atoms with E-state index >= 15 is 0 Å². The molecule has 0 radical (unpaired) electrons. The van der Waals surface area contributed by atoms with Gasteiger partial charge in [-0.05, 0) is 45.0 Å². The molecular formula is C13H22N4O. The Morgan fingerprint density at radius 1 is 1.44 bits per heavy atom. The fourth-order valence-corrected chi connectivity index (χ4v) is 2.41. The van der Waals surface area contributed by atoms with Crippen LogP contribution in [0.3, 0.4) is 0 Å². The topological polar surface area (TPSA) is 63.3 Å². The van der Waals surface area contributed by atoms with Crippen molar-refractivity contribution in [3.63, 3.8) is 0 Å². The molecule has 0 unspecified atom stereocenters. The fourth-order valence-electron chi connectivity index (χ4n) is 2.41. The molecule has 1 aliphatic rings. The van der Waals surface area contributed by atoms with Crippen molar-refractivity contribution in [1.29, 1.82) is 0 Å². The second kappa shape index (κ2) is 5.44. The summed E-state index contributed by atoms with van der Waals surface area (Å²) in [6.07, 6.45) is 4.07. The minimum Gasteiger partial charge on any atom is -0.397 e. The number of nitrogens with two attached hydrogens (primary N) is 1. The molecule has 100 valence electrons. The van der Waals surface area contributed by atoms with Crippen molar-refractivity contribution >= 4 is 11.6 Å². The van der Waals surface area contributed by atoms with Crippen molar-refractivity contribution < 1.29 is 4.79 Å². The Morgan fingerprint density at radius 3 is 2.67 bits per heavy atom. The van der Waals surface area contributed by atoms with E-state index in [4.69, 9.17) is 5.73 Å². The third-order valence-electron chi connectivity index (χ3n) is 3.65. The molecular weight excluding hydrogens is 228 g/mol. The minimum atomic E-state index is -0.0341. The lowest BCUT2D eigenvalue weighted by Crippen LogP contribution is -2.37. The number of aryl methyl sites for hydroxylation is 1. The van der Waals surface area contributed by atoms with E-state index in [1.807, 2.05) is 7.05 Å². The lowest BCUT2D eigenvalue weighted by molar-refractivity contribution is 0.0931. The highest BCUT2D eigenvalue weighted by molar-refractivity contribution is 5.93. The molecule has 5 heteroatoms. The van der Waals surface area contributed by atoms with Crippen molar-refractivity contribution in [2.75, 3.05) is 32.4 Å². The first-order chi connectivity index (χ1) is 8.56. The maximum Gasteiger partial charge on any atom is 0.267 e. The van der Waals surface area contributed by atoms with Crippen LogP contribution >= 0.6 is 0 Å². The highest BCUT2D eigenvalue weighted by Crippen LogP contribution is 2.15. The number of anilines is 1. The molecule has 1 aromatic heterocycles. The largest absolute Gasteiger partial charge is 0.397 e. The molecule has 0 aliphatic carbocycles. The standard InChI is InChI=1S/C13H22N4O/c1-16-5-3-10(4-6-16)8-15-13(18)12-7-11(14)9-17(12)2/h7,9-10H,3-6,8,14H2,1-2H3,(H,15,18). The molecule has 1 saturated heterocycles. The van der Waals surface area contributed by atoms with Gasteiger partial charge in [-0.1, -0.05) is 0 Å². The van der Waals surface area contributed by atoms with Gasteiger partial charge >= 0.3 is 0 Å². The van der Waals surface area contributed by atoms with Gasteiger partial charge < -0.3 is 20.5 Å². The summed E-state index contributed by atoms with van der Waals surface area (Å²) in [5, 5.41) is 3.00. The first-order valence-corrected chi connectivity index (χ1v) is 6.45. The Hall–Kier alpha value is -1.49. The third-order valence-corrected chi connectivity index (χ3v) is 3.65. The zero-order valence-corrected chi connectivity index (χ0v) is 11.1. The van der Waals surface area contributed by atoms with Crippen LogP contribution in [-0.2, 0) is 7.05 Å². The van der Waals surface area contributed by atoms with E-state index in [2.05, 4.69) is 17.3 Å². The molecule has 1 aliphatic heterocycles. The van der Waals surface area contributed by atoms with Crippen LogP contribution in [0, 0.1) is 5.92 Å². The summed E-state index contributed by atoms with van der Waals surface area (Å²) in [5.74, 6) is 0.566. The highest BCUT2D eigenvalue weighted by Gasteiger charge is 2.18. The Bertz CT molecular complexity index is 419. The number of nitrogens with zero attached hydrogens (tertiary/aromatic N) is 2. The van der Waals surface area contributed by atoms with Crippen molar-refractivity contribution in [1.82, 2.24) is 14.8 Å². The van der Waals surface area contributed by atoms with Gasteiger partial charge in [0.05, 0.1) is 5.69 Å². The summed E-state index contributed by atoms with van der Waals surface area (Å²) in [6, 6.07) is 1.71. The minimum absolute atomic E-state index is 0.0341. The van der Waals surface area contributed by atoms with Gasteiger partial charge in [-0.2, -0.15) is 0 Å². The molecule has 0 spiro atoms. The second-order valence-electron chi connectivity index (χ2n) is 5.23. The fraction of sp³-hybridized carbons (Fsp3) is 0.615. The molecule has 0 saturated carbocycles. The van der Waals surface area contributed by atoms with Crippen molar-refractivity contribution in [2.45, 2.75) is 12.8 Å². The summed E-state index contributed by atoms with van der Waals surface area (Å²) in [4.78, 5) is 14.3. The first-order valence-electron chi connectivity index (χ1n) is 6.45. The first kappa shape index (κ1) is 13.0. The van der Waals surface area contributed by atoms with Gasteiger partial charge in [0.1, 0.15) is 5.69 Å². The molecule has 3 N–H and O–H groups in total. The second-order valence-corrected chi connectivity index (χ2v) is 5.23. The van der Waals surface area contributed by atoms with Crippen LogP contribution in [0.1, 0.15) is 23.3 Å². The van der Waals surface area contributed by atoms with Crippen LogP contribution in [-0.4, -0.2) is 42.1 Å². The molecule has 0 aromatic carbocycles. The summed E-state index contributed by atoms with van der Waals surface area (Å²) >= 11 is 0. The van der Waals surface area contributed by atoms with E-state index in [9.17, 15) is 4.79 Å². The molecule has 1 amide bonds. The number of nitrogens with one attached hydrogen (secondary N) is 1. The lowest BCUT2D eigenvalue weighted by Gasteiger charge is -2.28. The van der Waals surface area contributed by atoms with E-state index < -0.39 is 0 Å². The zero-order chi connectivity index (χ0) is 13.1. The van der Waals surface area contributed by atoms with Gasteiger partial charge in [0.25, 0.3) is 5.91 Å². The highest BCUT2D eigenvalue weighted by atomic mass is 16.1. The number of carbonyl (C=O) groups is 1. The monoisotopic (exact) mass is 250 g/mol. The van der Waals surface area contributed by atoms with E-state index in [-0.39, 0.29) is 5.91 Å². The normalized spacial score (nSPS) is 17.9. The van der Waals surface area contributed by atoms with E-state index in [0.717, 1.165) is 32.5 Å². The quantitative estimate of drug-likeness (QED) is 0.829. The van der Waals surface area contributed by atoms with Crippen LogP contribution in [0.15, 0.2) is 12.3 Å². The number of nitrogen functional groups attached to an aromatic ring is 1. The van der Waals surface area contributed by atoms with E-state index in [0.29, 0.717) is 17.3 Å². The van der Waals surface area contributed by atoms with Crippen LogP contribution < -0.4 is 11.1 Å². The van der Waals surface area contributed by atoms with Crippen molar-refractivity contribution in [2.24, 2.45) is 13.0 Å². The summed E-state index contributed by atoms with van der Waals surface area (Å²) in [7, 11) is 3.97. The molecule has 0 bridgehead atoms. The van der Waals surface area contributed by atoms with Crippen LogP contribution in [0.25, 0.3) is 0 Å². The molecule has 2 heterocycles. The number of likely N-dealkylation sites (tertiary alicyclic amines) is 1. The Morgan fingerprint density at radius 2 is 2.11 bits per heavy atom. The predicted octanol–water partition coefficient (Wildman–Crippen LogP) is 0.679.